The Bertz CT molecular complexity index is 859. The Balaban J connectivity index is 1.62. The average Bonchev–Trinajstić information content (AvgIpc) is 2.87. The molecule has 4 nitrogen and oxygen atoms in total. The van der Waals surface area contributed by atoms with Crippen LogP contribution in [0, 0.1) is 0 Å². The first-order valence-electron chi connectivity index (χ1n) is 13.9. The number of hydrogen-bond donors (Lipinski definition) is 0. The monoisotopic (exact) mass is 538 g/mol. The van der Waals surface area contributed by atoms with Crippen LogP contribution in [0.1, 0.15) is 77.6 Å². The number of hydrogen-bond acceptors (Lipinski definition) is 4. The standard InChI is InChI=1S/C29H45F3N2O2Si/c1-4-5-6-7-8-9-10-11-19-36-27-23-33-28(34-24-27)25-14-16-26(17-15-25)35-20-12-13-21-37(2,3)22-18-29(30,31)32/h14-17,23-24H,4-13,18-22H2,1-3H3. The molecule has 0 bridgehead atoms. The summed E-state index contributed by atoms with van der Waals surface area (Å²) in [6.45, 7) is 7.57. The van der Waals surface area contributed by atoms with Crippen LogP contribution in [0.3, 0.4) is 0 Å². The van der Waals surface area contributed by atoms with Gasteiger partial charge in [0.1, 0.15) is 5.75 Å². The van der Waals surface area contributed by atoms with Gasteiger partial charge in [-0.2, -0.15) is 13.2 Å². The fourth-order valence-electron chi connectivity index (χ4n) is 4.17. The van der Waals surface area contributed by atoms with E-state index in [2.05, 4.69) is 16.9 Å². The van der Waals surface area contributed by atoms with Crippen LogP contribution in [-0.2, 0) is 0 Å². The van der Waals surface area contributed by atoms with E-state index < -0.39 is 20.7 Å². The summed E-state index contributed by atoms with van der Waals surface area (Å²) in [5.74, 6) is 2.09. The lowest BCUT2D eigenvalue weighted by atomic mass is 10.1. The van der Waals surface area contributed by atoms with Gasteiger partial charge < -0.3 is 9.47 Å². The second kappa shape index (κ2) is 16.7. The summed E-state index contributed by atoms with van der Waals surface area (Å²) in [6.07, 6.45) is 10.6. The Morgan fingerprint density at radius 3 is 1.84 bits per heavy atom. The molecule has 0 aliphatic heterocycles. The van der Waals surface area contributed by atoms with Gasteiger partial charge in [-0.3, -0.25) is 0 Å². The quantitative estimate of drug-likeness (QED) is 0.132. The molecular weight excluding hydrogens is 493 g/mol. The number of benzene rings is 1. The molecule has 0 N–H and O–H groups in total. The summed E-state index contributed by atoms with van der Waals surface area (Å²) in [4.78, 5) is 8.86. The van der Waals surface area contributed by atoms with E-state index in [1.807, 2.05) is 37.4 Å². The van der Waals surface area contributed by atoms with Gasteiger partial charge in [-0.05, 0) is 43.2 Å². The molecule has 8 heteroatoms. The van der Waals surface area contributed by atoms with E-state index in [1.54, 1.807) is 12.4 Å². The van der Waals surface area contributed by atoms with Crippen molar-refractivity contribution in [2.75, 3.05) is 13.2 Å². The second-order valence-corrected chi connectivity index (χ2v) is 16.0. The predicted octanol–water partition coefficient (Wildman–Crippen LogP) is 9.48. The molecule has 0 aliphatic carbocycles. The van der Waals surface area contributed by atoms with Crippen molar-refractivity contribution < 1.29 is 22.6 Å². The second-order valence-electron chi connectivity index (χ2n) is 10.7. The van der Waals surface area contributed by atoms with Crippen LogP contribution in [-0.4, -0.2) is 37.4 Å². The van der Waals surface area contributed by atoms with Crippen molar-refractivity contribution in [1.29, 1.82) is 0 Å². The van der Waals surface area contributed by atoms with Crippen LogP contribution in [0.15, 0.2) is 36.7 Å². The van der Waals surface area contributed by atoms with Gasteiger partial charge in [-0.1, -0.05) is 77.4 Å². The Morgan fingerprint density at radius 2 is 1.24 bits per heavy atom. The lowest BCUT2D eigenvalue weighted by Gasteiger charge is -2.23. The zero-order chi connectivity index (χ0) is 27.0. The van der Waals surface area contributed by atoms with Crippen molar-refractivity contribution in [1.82, 2.24) is 9.97 Å². The molecule has 37 heavy (non-hydrogen) atoms. The lowest BCUT2D eigenvalue weighted by molar-refractivity contribution is -0.130. The lowest BCUT2D eigenvalue weighted by Crippen LogP contribution is -2.27. The number of alkyl halides is 3. The molecular formula is C29H45F3N2O2Si. The highest BCUT2D eigenvalue weighted by atomic mass is 28.3. The molecule has 0 amide bonds. The normalized spacial score (nSPS) is 12.1. The summed E-state index contributed by atoms with van der Waals surface area (Å²) in [5, 5.41) is 0. The maximum absolute atomic E-state index is 12.5. The van der Waals surface area contributed by atoms with Gasteiger partial charge >= 0.3 is 6.18 Å². The first-order chi connectivity index (χ1) is 17.7. The molecule has 2 aromatic rings. The fraction of sp³-hybridized carbons (Fsp3) is 0.655. The summed E-state index contributed by atoms with van der Waals surface area (Å²) >= 11 is 0. The number of unbranched alkanes of at least 4 members (excludes halogenated alkanes) is 8. The summed E-state index contributed by atoms with van der Waals surface area (Å²) in [5.41, 5.74) is 0.902. The smallest absolute Gasteiger partial charge is 0.388 e. The van der Waals surface area contributed by atoms with Crippen molar-refractivity contribution in [2.45, 2.75) is 109 Å². The van der Waals surface area contributed by atoms with Crippen LogP contribution in [0.25, 0.3) is 11.4 Å². The number of halogens is 3. The highest BCUT2D eigenvalue weighted by Gasteiger charge is 2.31. The van der Waals surface area contributed by atoms with E-state index in [1.165, 1.54) is 44.9 Å². The zero-order valence-corrected chi connectivity index (χ0v) is 23.9. The van der Waals surface area contributed by atoms with E-state index in [9.17, 15) is 13.2 Å². The van der Waals surface area contributed by atoms with Crippen molar-refractivity contribution in [3.63, 3.8) is 0 Å². The molecule has 2 rings (SSSR count). The minimum absolute atomic E-state index is 0.299. The first kappa shape index (κ1) is 31.1. The molecule has 208 valence electrons. The van der Waals surface area contributed by atoms with Gasteiger partial charge in [0.25, 0.3) is 0 Å². The Hall–Kier alpha value is -2.09. The van der Waals surface area contributed by atoms with Gasteiger partial charge in [0.2, 0.25) is 0 Å². The van der Waals surface area contributed by atoms with E-state index in [-0.39, 0.29) is 0 Å². The highest BCUT2D eigenvalue weighted by Crippen LogP contribution is 2.29. The summed E-state index contributed by atoms with van der Waals surface area (Å²) in [7, 11) is -1.81. The van der Waals surface area contributed by atoms with Crippen LogP contribution in [0.4, 0.5) is 13.2 Å². The minimum Gasteiger partial charge on any atom is -0.494 e. The molecule has 1 aromatic heterocycles. The Kier molecular flexibility index (Phi) is 14.0. The third-order valence-electron chi connectivity index (χ3n) is 6.61. The molecule has 0 spiro atoms. The minimum atomic E-state index is -4.05. The van der Waals surface area contributed by atoms with Crippen LogP contribution >= 0.6 is 0 Å². The summed E-state index contributed by atoms with van der Waals surface area (Å²) < 4.78 is 49.0. The average molecular weight is 539 g/mol. The summed E-state index contributed by atoms with van der Waals surface area (Å²) in [6, 6.07) is 8.84. The van der Waals surface area contributed by atoms with E-state index >= 15 is 0 Å². The molecule has 0 atom stereocenters. The molecule has 1 heterocycles. The number of aromatic nitrogens is 2. The maximum atomic E-state index is 12.5. The van der Waals surface area contributed by atoms with Gasteiger partial charge in [0.05, 0.1) is 25.6 Å². The molecule has 1 aromatic carbocycles. The van der Waals surface area contributed by atoms with Crippen molar-refractivity contribution in [3.05, 3.63) is 36.7 Å². The topological polar surface area (TPSA) is 44.2 Å². The highest BCUT2D eigenvalue weighted by molar-refractivity contribution is 6.77. The van der Waals surface area contributed by atoms with Gasteiger partial charge in [0.15, 0.2) is 11.6 Å². The number of ether oxygens (including phenoxy) is 2. The molecule has 0 saturated heterocycles. The van der Waals surface area contributed by atoms with Crippen molar-refractivity contribution in [2.24, 2.45) is 0 Å². The van der Waals surface area contributed by atoms with Crippen LogP contribution < -0.4 is 9.47 Å². The molecule has 0 radical (unpaired) electrons. The molecule has 0 saturated carbocycles. The third kappa shape index (κ3) is 14.4. The zero-order valence-electron chi connectivity index (χ0n) is 22.9. The predicted molar refractivity (Wildman–Crippen MR) is 148 cm³/mol. The van der Waals surface area contributed by atoms with Gasteiger partial charge in [-0.25, -0.2) is 9.97 Å². The number of rotatable bonds is 19. The molecule has 0 fully saturated rings. The number of nitrogens with zero attached hydrogens (tertiary/aromatic N) is 2. The fourth-order valence-corrected chi connectivity index (χ4v) is 6.58. The van der Waals surface area contributed by atoms with Crippen molar-refractivity contribution >= 4 is 8.07 Å². The maximum Gasteiger partial charge on any atom is 0.388 e. The van der Waals surface area contributed by atoms with Gasteiger partial charge in [0, 0.05) is 20.1 Å². The largest absolute Gasteiger partial charge is 0.494 e. The van der Waals surface area contributed by atoms with Crippen LogP contribution in [0.5, 0.6) is 11.5 Å². The van der Waals surface area contributed by atoms with E-state index in [0.29, 0.717) is 30.8 Å². The van der Waals surface area contributed by atoms with Crippen LogP contribution in [0.2, 0.25) is 25.2 Å². The van der Waals surface area contributed by atoms with Gasteiger partial charge in [-0.15, -0.1) is 0 Å². The Labute approximate surface area is 222 Å². The molecule has 0 aliphatic rings. The molecule has 0 unspecified atom stereocenters. The van der Waals surface area contributed by atoms with E-state index in [0.717, 1.165) is 36.6 Å². The van der Waals surface area contributed by atoms with Crippen molar-refractivity contribution in [3.8, 4) is 22.9 Å². The Morgan fingerprint density at radius 1 is 0.703 bits per heavy atom. The SMILES string of the molecule is CCCCCCCCCCOc1cnc(-c2ccc(OCCCC[Si](C)(C)CCC(F)(F)F)cc2)nc1. The third-order valence-corrected chi connectivity index (χ3v) is 9.92. The first-order valence-corrected chi connectivity index (χ1v) is 17.3. The van der Waals surface area contributed by atoms with E-state index in [4.69, 9.17) is 9.47 Å².